The largest absolute Gasteiger partial charge is 0.349 e. The highest BCUT2D eigenvalue weighted by Crippen LogP contribution is 2.22. The molecule has 1 aliphatic rings. The van der Waals surface area contributed by atoms with Crippen LogP contribution in [0, 0.1) is 0 Å². The third-order valence-corrected chi connectivity index (χ3v) is 4.40. The van der Waals surface area contributed by atoms with E-state index in [4.69, 9.17) is 17.3 Å². The zero-order valence-corrected chi connectivity index (χ0v) is 15.9. The van der Waals surface area contributed by atoms with Crippen LogP contribution in [0.2, 0.25) is 5.02 Å². The highest BCUT2D eigenvalue weighted by molar-refractivity contribution is 6.34. The number of nitrogens with one attached hydrogen (secondary N) is 3. The maximum Gasteiger partial charge on any atom is 0.253 e. The van der Waals surface area contributed by atoms with Gasteiger partial charge in [0, 0.05) is 11.7 Å². The third-order valence-electron chi connectivity index (χ3n) is 4.07. The number of anilines is 1. The Balaban J connectivity index is 0.00000338. The zero-order chi connectivity index (χ0) is 18.2. The Kier molecular flexibility index (Phi) is 9.40. The van der Waals surface area contributed by atoms with Gasteiger partial charge >= 0.3 is 0 Å². The standard InChI is InChI=1S/C17H23ClN4O3.ClH/c18-14-7-6-12(21-16(24)10-20-15(23)9-19)8-13(14)17(25)22-11-4-2-1-3-5-11;/h6-8,11H,1-5,9-10,19H2,(H,20,23)(H,21,24)(H,22,25);1H. The second-order valence-electron chi connectivity index (χ2n) is 6.03. The van der Waals surface area contributed by atoms with Crippen LogP contribution in [0.3, 0.4) is 0 Å². The zero-order valence-electron chi connectivity index (χ0n) is 14.3. The maximum atomic E-state index is 12.4. The number of benzene rings is 1. The number of carbonyl (C=O) groups is 3. The van der Waals surface area contributed by atoms with Gasteiger partial charge < -0.3 is 21.7 Å². The summed E-state index contributed by atoms with van der Waals surface area (Å²) in [7, 11) is 0. The van der Waals surface area contributed by atoms with Crippen molar-refractivity contribution >= 4 is 47.4 Å². The lowest BCUT2D eigenvalue weighted by molar-refractivity contribution is -0.123. The quantitative estimate of drug-likeness (QED) is 0.580. The SMILES string of the molecule is Cl.NCC(=O)NCC(=O)Nc1ccc(Cl)c(C(=O)NC2CCCCC2)c1. The van der Waals surface area contributed by atoms with Gasteiger partial charge in [-0.25, -0.2) is 0 Å². The van der Waals surface area contributed by atoms with Gasteiger partial charge in [-0.1, -0.05) is 30.9 Å². The summed E-state index contributed by atoms with van der Waals surface area (Å²) < 4.78 is 0. The molecule has 0 saturated heterocycles. The molecule has 9 heteroatoms. The van der Waals surface area contributed by atoms with Crippen molar-refractivity contribution in [2.24, 2.45) is 5.73 Å². The lowest BCUT2D eigenvalue weighted by Crippen LogP contribution is -2.37. The second kappa shape index (κ2) is 11.0. The van der Waals surface area contributed by atoms with E-state index in [0.29, 0.717) is 16.3 Å². The van der Waals surface area contributed by atoms with E-state index >= 15 is 0 Å². The van der Waals surface area contributed by atoms with E-state index in [2.05, 4.69) is 16.0 Å². The van der Waals surface area contributed by atoms with Crippen LogP contribution in [0.25, 0.3) is 0 Å². The molecule has 0 radical (unpaired) electrons. The highest BCUT2D eigenvalue weighted by Gasteiger charge is 2.19. The Morgan fingerprint density at radius 2 is 1.81 bits per heavy atom. The third kappa shape index (κ3) is 6.82. The van der Waals surface area contributed by atoms with Crippen molar-refractivity contribution in [3.63, 3.8) is 0 Å². The lowest BCUT2D eigenvalue weighted by Gasteiger charge is -2.23. The Morgan fingerprint density at radius 3 is 2.46 bits per heavy atom. The molecule has 144 valence electrons. The number of halogens is 2. The van der Waals surface area contributed by atoms with E-state index in [1.165, 1.54) is 12.5 Å². The molecular weight excluding hydrogens is 379 g/mol. The smallest absolute Gasteiger partial charge is 0.253 e. The molecule has 0 atom stereocenters. The van der Waals surface area contributed by atoms with Gasteiger partial charge in [0.05, 0.1) is 23.7 Å². The fraction of sp³-hybridized carbons (Fsp3) is 0.471. The average Bonchev–Trinajstić information content (AvgIpc) is 2.62. The van der Waals surface area contributed by atoms with Crippen LogP contribution in [0.1, 0.15) is 42.5 Å². The van der Waals surface area contributed by atoms with Gasteiger partial charge in [-0.3, -0.25) is 14.4 Å². The summed E-state index contributed by atoms with van der Waals surface area (Å²) in [5, 5.41) is 8.31. The first kappa shape index (κ1) is 22.2. The predicted octanol–water partition coefficient (Wildman–Crippen LogP) is 1.84. The number of rotatable bonds is 6. The van der Waals surface area contributed by atoms with Crippen molar-refractivity contribution < 1.29 is 14.4 Å². The molecule has 3 amide bonds. The topological polar surface area (TPSA) is 113 Å². The van der Waals surface area contributed by atoms with Crippen LogP contribution >= 0.6 is 24.0 Å². The molecular formula is C17H24Cl2N4O3. The van der Waals surface area contributed by atoms with E-state index in [-0.39, 0.29) is 37.4 Å². The molecule has 0 spiro atoms. The number of amides is 3. The Morgan fingerprint density at radius 1 is 1.12 bits per heavy atom. The van der Waals surface area contributed by atoms with Gasteiger partial charge in [-0.05, 0) is 31.0 Å². The molecule has 0 unspecified atom stereocenters. The van der Waals surface area contributed by atoms with Crippen molar-refractivity contribution in [2.45, 2.75) is 38.1 Å². The molecule has 5 N–H and O–H groups in total. The minimum Gasteiger partial charge on any atom is -0.349 e. The fourth-order valence-corrected chi connectivity index (χ4v) is 2.95. The second-order valence-corrected chi connectivity index (χ2v) is 6.44. The van der Waals surface area contributed by atoms with Crippen LogP contribution in [0.5, 0.6) is 0 Å². The van der Waals surface area contributed by atoms with Crippen LogP contribution in [0.15, 0.2) is 18.2 Å². The lowest BCUT2D eigenvalue weighted by atomic mass is 9.95. The monoisotopic (exact) mass is 402 g/mol. The number of hydrogen-bond donors (Lipinski definition) is 4. The summed E-state index contributed by atoms with van der Waals surface area (Å²) in [5.74, 6) is -1.08. The van der Waals surface area contributed by atoms with Crippen LogP contribution < -0.4 is 21.7 Å². The number of nitrogens with two attached hydrogens (primary N) is 1. The van der Waals surface area contributed by atoms with Crippen LogP contribution in [-0.2, 0) is 9.59 Å². The van der Waals surface area contributed by atoms with E-state index < -0.39 is 11.8 Å². The first-order chi connectivity index (χ1) is 12.0. The Labute approximate surface area is 163 Å². The van der Waals surface area contributed by atoms with Crippen LogP contribution in [0.4, 0.5) is 5.69 Å². The first-order valence-corrected chi connectivity index (χ1v) is 8.74. The molecule has 0 bridgehead atoms. The fourth-order valence-electron chi connectivity index (χ4n) is 2.74. The average molecular weight is 403 g/mol. The summed E-state index contributed by atoms with van der Waals surface area (Å²) in [6, 6.07) is 4.86. The summed E-state index contributed by atoms with van der Waals surface area (Å²) in [4.78, 5) is 35.3. The minimum atomic E-state index is -0.418. The molecule has 1 saturated carbocycles. The number of hydrogen-bond acceptors (Lipinski definition) is 4. The van der Waals surface area contributed by atoms with Crippen molar-refractivity contribution in [1.29, 1.82) is 0 Å². The van der Waals surface area contributed by atoms with Gasteiger partial charge in [0.25, 0.3) is 5.91 Å². The van der Waals surface area contributed by atoms with E-state index in [9.17, 15) is 14.4 Å². The molecule has 1 aromatic carbocycles. The van der Waals surface area contributed by atoms with Crippen molar-refractivity contribution in [3.05, 3.63) is 28.8 Å². The summed E-state index contributed by atoms with van der Waals surface area (Å²) in [6.07, 6.45) is 5.38. The molecule has 0 aliphatic heterocycles. The molecule has 1 fully saturated rings. The van der Waals surface area contributed by atoms with Crippen molar-refractivity contribution in [3.8, 4) is 0 Å². The van der Waals surface area contributed by atoms with E-state index in [1.807, 2.05) is 0 Å². The number of carbonyl (C=O) groups excluding carboxylic acids is 3. The minimum absolute atomic E-state index is 0. The first-order valence-electron chi connectivity index (χ1n) is 8.36. The normalized spacial score (nSPS) is 14.1. The molecule has 26 heavy (non-hydrogen) atoms. The molecule has 7 nitrogen and oxygen atoms in total. The van der Waals surface area contributed by atoms with Crippen LogP contribution in [-0.4, -0.2) is 36.9 Å². The van der Waals surface area contributed by atoms with Gasteiger partial charge in [-0.15, -0.1) is 12.4 Å². The molecule has 2 rings (SSSR count). The summed E-state index contributed by atoms with van der Waals surface area (Å²) in [6.45, 7) is -0.373. The predicted molar refractivity (Wildman–Crippen MR) is 104 cm³/mol. The van der Waals surface area contributed by atoms with Gasteiger partial charge in [0.2, 0.25) is 11.8 Å². The van der Waals surface area contributed by atoms with Gasteiger partial charge in [-0.2, -0.15) is 0 Å². The van der Waals surface area contributed by atoms with Gasteiger partial charge in [0.15, 0.2) is 0 Å². The van der Waals surface area contributed by atoms with Crippen molar-refractivity contribution in [1.82, 2.24) is 10.6 Å². The van der Waals surface area contributed by atoms with Crippen molar-refractivity contribution in [2.75, 3.05) is 18.4 Å². The molecule has 1 aliphatic carbocycles. The Hall–Kier alpha value is -1.83. The van der Waals surface area contributed by atoms with E-state index in [0.717, 1.165) is 25.7 Å². The van der Waals surface area contributed by atoms with Gasteiger partial charge in [0.1, 0.15) is 0 Å². The molecule has 1 aromatic rings. The Bertz CT molecular complexity index is 649. The summed E-state index contributed by atoms with van der Waals surface area (Å²) in [5.41, 5.74) is 5.91. The maximum absolute atomic E-state index is 12.4. The molecule has 0 heterocycles. The molecule has 0 aromatic heterocycles. The van der Waals surface area contributed by atoms with E-state index in [1.54, 1.807) is 12.1 Å². The highest BCUT2D eigenvalue weighted by atomic mass is 35.5. The summed E-state index contributed by atoms with van der Waals surface area (Å²) >= 11 is 6.12.